The lowest BCUT2D eigenvalue weighted by Gasteiger charge is -2.03. The number of halogens is 1. The Labute approximate surface area is 91.0 Å². The molecule has 0 N–H and O–H groups in total. The topological polar surface area (TPSA) is 30.2 Å². The van der Waals surface area contributed by atoms with E-state index in [0.29, 0.717) is 23.0 Å². The number of hydrogen-bond donors (Lipinski definition) is 0. The third-order valence-corrected chi connectivity index (χ3v) is 2.86. The van der Waals surface area contributed by atoms with Gasteiger partial charge in [-0.05, 0) is 43.2 Å². The highest BCUT2D eigenvalue weighted by atomic mass is 19.1. The fraction of sp³-hybridized carbons (Fsp3) is 0.154. The molecule has 0 aliphatic heterocycles. The molecule has 2 aromatic rings. The molecule has 1 aliphatic rings. The molecule has 2 nitrogen and oxygen atoms in total. The van der Waals surface area contributed by atoms with Crippen LogP contribution in [-0.4, -0.2) is 0 Å². The van der Waals surface area contributed by atoms with Crippen molar-refractivity contribution in [3.8, 4) is 0 Å². The molecule has 0 spiro atoms. The van der Waals surface area contributed by atoms with Crippen molar-refractivity contribution in [1.82, 2.24) is 0 Å². The van der Waals surface area contributed by atoms with E-state index in [4.69, 9.17) is 4.42 Å². The molecule has 0 atom stereocenters. The first-order valence-corrected chi connectivity index (χ1v) is 5.07. The Kier molecular flexibility index (Phi) is 1.78. The van der Waals surface area contributed by atoms with Gasteiger partial charge in [-0.1, -0.05) is 5.57 Å². The highest BCUT2D eigenvalue weighted by Crippen LogP contribution is 2.29. The van der Waals surface area contributed by atoms with Gasteiger partial charge >= 0.3 is 5.63 Å². The van der Waals surface area contributed by atoms with Crippen LogP contribution in [0.3, 0.4) is 0 Å². The van der Waals surface area contributed by atoms with Crippen LogP contribution >= 0.6 is 0 Å². The zero-order valence-electron chi connectivity index (χ0n) is 8.71. The van der Waals surface area contributed by atoms with E-state index in [1.807, 2.05) is 13.0 Å². The first-order chi connectivity index (χ1) is 7.65. The SMILES string of the molecule is CC1=Cc2c(c3cc(F)ccc3oc2=O)C1. The van der Waals surface area contributed by atoms with Crippen LogP contribution in [0.2, 0.25) is 0 Å². The third-order valence-electron chi connectivity index (χ3n) is 2.86. The van der Waals surface area contributed by atoms with E-state index in [1.54, 1.807) is 0 Å². The minimum Gasteiger partial charge on any atom is -0.422 e. The summed E-state index contributed by atoms with van der Waals surface area (Å²) in [6.07, 6.45) is 2.51. The van der Waals surface area contributed by atoms with Crippen molar-refractivity contribution in [2.45, 2.75) is 13.3 Å². The van der Waals surface area contributed by atoms with Gasteiger partial charge in [0.25, 0.3) is 0 Å². The quantitative estimate of drug-likeness (QED) is 0.634. The Morgan fingerprint density at radius 1 is 1.38 bits per heavy atom. The maximum absolute atomic E-state index is 13.2. The smallest absolute Gasteiger partial charge is 0.343 e. The average molecular weight is 216 g/mol. The van der Waals surface area contributed by atoms with E-state index in [1.165, 1.54) is 18.2 Å². The van der Waals surface area contributed by atoms with Gasteiger partial charge in [0.05, 0.1) is 5.56 Å². The van der Waals surface area contributed by atoms with Gasteiger partial charge in [0.15, 0.2) is 0 Å². The fourth-order valence-corrected chi connectivity index (χ4v) is 2.16. The lowest BCUT2D eigenvalue weighted by Crippen LogP contribution is -2.05. The minimum absolute atomic E-state index is 0.312. The van der Waals surface area contributed by atoms with E-state index in [-0.39, 0.29) is 11.4 Å². The van der Waals surface area contributed by atoms with Gasteiger partial charge in [0, 0.05) is 5.39 Å². The van der Waals surface area contributed by atoms with Crippen molar-refractivity contribution in [2.75, 3.05) is 0 Å². The molecule has 0 fully saturated rings. The van der Waals surface area contributed by atoms with E-state index in [0.717, 1.165) is 11.1 Å². The van der Waals surface area contributed by atoms with Crippen molar-refractivity contribution < 1.29 is 8.81 Å². The minimum atomic E-state index is -0.342. The molecule has 1 aromatic heterocycles. The molecule has 3 heteroatoms. The van der Waals surface area contributed by atoms with Gasteiger partial charge in [0.1, 0.15) is 11.4 Å². The molecule has 1 heterocycles. The van der Waals surface area contributed by atoms with Gasteiger partial charge in [-0.3, -0.25) is 0 Å². The lowest BCUT2D eigenvalue weighted by atomic mass is 10.1. The van der Waals surface area contributed by atoms with Crippen LogP contribution in [0.25, 0.3) is 17.0 Å². The normalized spacial score (nSPS) is 14.0. The largest absolute Gasteiger partial charge is 0.422 e. The Balaban J connectivity index is 2.46. The molecule has 0 bridgehead atoms. The summed E-state index contributed by atoms with van der Waals surface area (Å²) in [5.41, 5.74) is 2.65. The molecule has 0 amide bonds. The predicted octanol–water partition coefficient (Wildman–Crippen LogP) is 2.89. The highest BCUT2D eigenvalue weighted by molar-refractivity contribution is 5.86. The van der Waals surface area contributed by atoms with E-state index in [2.05, 4.69) is 0 Å². The van der Waals surface area contributed by atoms with Crippen LogP contribution in [0.5, 0.6) is 0 Å². The number of benzene rings is 1. The molecule has 16 heavy (non-hydrogen) atoms. The maximum atomic E-state index is 13.2. The summed E-state index contributed by atoms with van der Waals surface area (Å²) in [6.45, 7) is 1.95. The molecule has 0 unspecified atom stereocenters. The zero-order chi connectivity index (χ0) is 11.3. The Hall–Kier alpha value is -1.90. The zero-order valence-corrected chi connectivity index (χ0v) is 8.71. The first kappa shape index (κ1) is 9.33. The lowest BCUT2D eigenvalue weighted by molar-refractivity contribution is 0.555. The Bertz CT molecular complexity index is 680. The van der Waals surface area contributed by atoms with E-state index >= 15 is 0 Å². The van der Waals surface area contributed by atoms with Crippen LogP contribution in [0, 0.1) is 5.82 Å². The molecular weight excluding hydrogens is 207 g/mol. The van der Waals surface area contributed by atoms with Crippen molar-refractivity contribution in [1.29, 1.82) is 0 Å². The van der Waals surface area contributed by atoms with E-state index in [9.17, 15) is 9.18 Å². The second kappa shape index (κ2) is 3.04. The van der Waals surface area contributed by atoms with Crippen molar-refractivity contribution >= 4 is 17.0 Å². The monoisotopic (exact) mass is 216 g/mol. The van der Waals surface area contributed by atoms with E-state index < -0.39 is 0 Å². The predicted molar refractivity (Wildman–Crippen MR) is 59.8 cm³/mol. The molecule has 1 aliphatic carbocycles. The molecule has 80 valence electrons. The Morgan fingerprint density at radius 2 is 2.19 bits per heavy atom. The molecule has 0 radical (unpaired) electrons. The summed E-state index contributed by atoms with van der Waals surface area (Å²) in [6, 6.07) is 4.22. The Morgan fingerprint density at radius 3 is 3.00 bits per heavy atom. The second-order valence-electron chi connectivity index (χ2n) is 4.09. The average Bonchev–Trinajstić information content (AvgIpc) is 2.62. The maximum Gasteiger partial charge on any atom is 0.343 e. The number of rotatable bonds is 0. The van der Waals surface area contributed by atoms with Crippen LogP contribution in [0.1, 0.15) is 18.1 Å². The van der Waals surface area contributed by atoms with Gasteiger partial charge < -0.3 is 4.42 Å². The number of fused-ring (bicyclic) bond motifs is 3. The fourth-order valence-electron chi connectivity index (χ4n) is 2.16. The van der Waals surface area contributed by atoms with Crippen molar-refractivity contribution in [3.05, 3.63) is 51.1 Å². The van der Waals surface area contributed by atoms with Crippen LogP contribution < -0.4 is 5.63 Å². The van der Waals surface area contributed by atoms with Gasteiger partial charge in [-0.2, -0.15) is 0 Å². The second-order valence-corrected chi connectivity index (χ2v) is 4.09. The summed E-state index contributed by atoms with van der Waals surface area (Å²) in [4.78, 5) is 11.7. The summed E-state index contributed by atoms with van der Waals surface area (Å²) in [7, 11) is 0. The molecular formula is C13H9FO2. The van der Waals surface area contributed by atoms with Gasteiger partial charge in [-0.25, -0.2) is 9.18 Å². The van der Waals surface area contributed by atoms with Crippen molar-refractivity contribution in [3.63, 3.8) is 0 Å². The highest BCUT2D eigenvalue weighted by Gasteiger charge is 2.18. The summed E-state index contributed by atoms with van der Waals surface area (Å²) < 4.78 is 18.3. The van der Waals surface area contributed by atoms with Crippen LogP contribution in [-0.2, 0) is 6.42 Å². The molecule has 0 saturated heterocycles. The van der Waals surface area contributed by atoms with Crippen LogP contribution in [0.15, 0.2) is 33.0 Å². The van der Waals surface area contributed by atoms with Gasteiger partial charge in [-0.15, -0.1) is 0 Å². The number of allylic oxidation sites excluding steroid dienone is 1. The third kappa shape index (κ3) is 1.21. The van der Waals surface area contributed by atoms with Crippen molar-refractivity contribution in [2.24, 2.45) is 0 Å². The molecule has 3 rings (SSSR count). The van der Waals surface area contributed by atoms with Gasteiger partial charge in [0.2, 0.25) is 0 Å². The standard InChI is InChI=1S/C13H9FO2/c1-7-4-9-10-6-8(14)2-3-12(10)16-13(15)11(9)5-7/h2-3,5-6H,4H2,1H3. The molecule has 1 aromatic carbocycles. The molecule has 0 saturated carbocycles. The summed E-state index contributed by atoms with van der Waals surface area (Å²) in [5.74, 6) is -0.312. The first-order valence-electron chi connectivity index (χ1n) is 5.07. The van der Waals surface area contributed by atoms with Crippen LogP contribution in [0.4, 0.5) is 4.39 Å². The summed E-state index contributed by atoms with van der Waals surface area (Å²) >= 11 is 0. The summed E-state index contributed by atoms with van der Waals surface area (Å²) in [5, 5.41) is 0.697. The number of hydrogen-bond acceptors (Lipinski definition) is 2.